The van der Waals surface area contributed by atoms with Gasteiger partial charge in [0.25, 0.3) is 11.8 Å². The van der Waals surface area contributed by atoms with Crippen molar-refractivity contribution in [2.45, 2.75) is 25.7 Å². The van der Waals surface area contributed by atoms with Crippen LogP contribution >= 0.6 is 0 Å². The lowest BCUT2D eigenvalue weighted by molar-refractivity contribution is -0.134. The molecule has 2 aromatic rings. The summed E-state index contributed by atoms with van der Waals surface area (Å²) in [5.41, 5.74) is 6.23. The molecule has 7 heteroatoms. The number of ether oxygens (including phenoxy) is 1. The summed E-state index contributed by atoms with van der Waals surface area (Å²) in [7, 11) is 0. The Morgan fingerprint density at radius 2 is 1.92 bits per heavy atom. The van der Waals surface area contributed by atoms with Gasteiger partial charge in [0.15, 0.2) is 6.61 Å². The second-order valence-corrected chi connectivity index (χ2v) is 6.35. The minimum atomic E-state index is -0.520. The molecule has 0 atom stereocenters. The second-order valence-electron chi connectivity index (χ2n) is 6.35. The SMILES string of the molecule is Cc1nc(C2CCN(C(=O)COc3ccccc3)CC2)ncc1C(N)=O. The van der Waals surface area contributed by atoms with E-state index in [9.17, 15) is 9.59 Å². The van der Waals surface area contributed by atoms with E-state index in [1.165, 1.54) is 6.20 Å². The van der Waals surface area contributed by atoms with E-state index in [-0.39, 0.29) is 18.4 Å². The Morgan fingerprint density at radius 3 is 2.54 bits per heavy atom. The summed E-state index contributed by atoms with van der Waals surface area (Å²) in [6, 6.07) is 9.30. The van der Waals surface area contributed by atoms with E-state index >= 15 is 0 Å². The van der Waals surface area contributed by atoms with Gasteiger partial charge < -0.3 is 15.4 Å². The first-order valence-corrected chi connectivity index (χ1v) is 8.63. The van der Waals surface area contributed by atoms with Gasteiger partial charge in [-0.05, 0) is 31.9 Å². The van der Waals surface area contributed by atoms with E-state index in [1.54, 1.807) is 6.92 Å². The second kappa shape index (κ2) is 7.95. The monoisotopic (exact) mass is 354 g/mol. The molecule has 0 aliphatic carbocycles. The van der Waals surface area contributed by atoms with Gasteiger partial charge in [-0.15, -0.1) is 0 Å². The third kappa shape index (κ3) is 4.17. The van der Waals surface area contributed by atoms with Crippen molar-refractivity contribution in [1.29, 1.82) is 0 Å². The average molecular weight is 354 g/mol. The Bertz CT molecular complexity index is 787. The van der Waals surface area contributed by atoms with E-state index in [0.29, 0.717) is 35.9 Å². The summed E-state index contributed by atoms with van der Waals surface area (Å²) < 4.78 is 5.52. The van der Waals surface area contributed by atoms with E-state index < -0.39 is 5.91 Å². The molecule has 0 radical (unpaired) electrons. The Hall–Kier alpha value is -2.96. The number of hydrogen-bond acceptors (Lipinski definition) is 5. The zero-order valence-electron chi connectivity index (χ0n) is 14.7. The molecule has 136 valence electrons. The number of primary amides is 1. The predicted molar refractivity (Wildman–Crippen MR) is 95.8 cm³/mol. The van der Waals surface area contributed by atoms with E-state index in [1.807, 2.05) is 35.2 Å². The highest BCUT2D eigenvalue weighted by Crippen LogP contribution is 2.26. The molecular formula is C19H22N4O3. The Morgan fingerprint density at radius 1 is 1.23 bits per heavy atom. The van der Waals surface area contributed by atoms with Gasteiger partial charge in [-0.2, -0.15) is 0 Å². The summed E-state index contributed by atoms with van der Waals surface area (Å²) >= 11 is 0. The van der Waals surface area contributed by atoms with Crippen LogP contribution in [0.25, 0.3) is 0 Å². The van der Waals surface area contributed by atoms with Crippen molar-refractivity contribution in [2.75, 3.05) is 19.7 Å². The van der Waals surface area contributed by atoms with E-state index in [2.05, 4.69) is 9.97 Å². The fraction of sp³-hybridized carbons (Fsp3) is 0.368. The lowest BCUT2D eigenvalue weighted by Crippen LogP contribution is -2.40. The molecule has 1 aromatic heterocycles. The van der Waals surface area contributed by atoms with Crippen LogP contribution in [0, 0.1) is 6.92 Å². The number of piperidine rings is 1. The summed E-state index contributed by atoms with van der Waals surface area (Å²) in [5.74, 6) is 1.03. The van der Waals surface area contributed by atoms with Crippen LogP contribution in [-0.4, -0.2) is 46.4 Å². The van der Waals surface area contributed by atoms with Crippen LogP contribution in [0.15, 0.2) is 36.5 Å². The molecule has 1 saturated heterocycles. The molecule has 1 aromatic carbocycles. The maximum absolute atomic E-state index is 12.3. The molecule has 2 heterocycles. The number of likely N-dealkylation sites (tertiary alicyclic amines) is 1. The summed E-state index contributed by atoms with van der Waals surface area (Å²) in [6.07, 6.45) is 3.06. The van der Waals surface area contributed by atoms with Gasteiger partial charge in [0.1, 0.15) is 11.6 Å². The Labute approximate surface area is 152 Å². The summed E-state index contributed by atoms with van der Waals surface area (Å²) in [5, 5.41) is 0. The first kappa shape index (κ1) is 17.8. The quantitative estimate of drug-likeness (QED) is 0.881. The van der Waals surface area contributed by atoms with Crippen LogP contribution in [0.5, 0.6) is 5.75 Å². The molecule has 0 unspecified atom stereocenters. The number of amides is 2. The number of nitrogens with zero attached hydrogens (tertiary/aromatic N) is 3. The number of rotatable bonds is 5. The van der Waals surface area contributed by atoms with Gasteiger partial charge in [-0.25, -0.2) is 9.97 Å². The molecule has 0 spiro atoms. The number of nitrogens with two attached hydrogens (primary N) is 1. The molecule has 2 amide bonds. The van der Waals surface area contributed by atoms with Gasteiger partial charge in [0, 0.05) is 25.2 Å². The van der Waals surface area contributed by atoms with Crippen LogP contribution in [-0.2, 0) is 4.79 Å². The number of benzene rings is 1. The predicted octanol–water partition coefficient (Wildman–Crippen LogP) is 1.67. The van der Waals surface area contributed by atoms with Crippen molar-refractivity contribution < 1.29 is 14.3 Å². The van der Waals surface area contributed by atoms with Gasteiger partial charge >= 0.3 is 0 Å². The molecule has 1 fully saturated rings. The van der Waals surface area contributed by atoms with Crippen molar-refractivity contribution in [2.24, 2.45) is 5.73 Å². The van der Waals surface area contributed by atoms with Crippen molar-refractivity contribution in [1.82, 2.24) is 14.9 Å². The number of carbonyl (C=O) groups excluding carboxylic acids is 2. The van der Waals surface area contributed by atoms with Gasteiger partial charge in [-0.1, -0.05) is 18.2 Å². The molecule has 3 rings (SSSR count). The van der Waals surface area contributed by atoms with Gasteiger partial charge in [0.05, 0.1) is 11.3 Å². The molecule has 0 bridgehead atoms. The highest BCUT2D eigenvalue weighted by atomic mass is 16.5. The highest BCUT2D eigenvalue weighted by molar-refractivity contribution is 5.93. The van der Waals surface area contributed by atoms with Crippen molar-refractivity contribution in [3.63, 3.8) is 0 Å². The molecule has 1 aliphatic heterocycles. The van der Waals surface area contributed by atoms with Crippen molar-refractivity contribution in [3.8, 4) is 5.75 Å². The van der Waals surface area contributed by atoms with Gasteiger partial charge in [0.2, 0.25) is 0 Å². The standard InChI is InChI=1S/C19H22N4O3/c1-13-16(18(20)25)11-21-19(22-13)14-7-9-23(10-8-14)17(24)12-26-15-5-3-2-4-6-15/h2-6,11,14H,7-10,12H2,1H3,(H2,20,25). The van der Waals surface area contributed by atoms with Crippen LogP contribution in [0.1, 0.15) is 40.6 Å². The third-order valence-electron chi connectivity index (χ3n) is 4.58. The Balaban J connectivity index is 1.53. The maximum Gasteiger partial charge on any atom is 0.260 e. The van der Waals surface area contributed by atoms with E-state index in [0.717, 1.165) is 12.8 Å². The topological polar surface area (TPSA) is 98.4 Å². The molecule has 7 nitrogen and oxygen atoms in total. The average Bonchev–Trinajstić information content (AvgIpc) is 2.66. The highest BCUT2D eigenvalue weighted by Gasteiger charge is 2.26. The third-order valence-corrected chi connectivity index (χ3v) is 4.58. The number of para-hydroxylation sites is 1. The minimum Gasteiger partial charge on any atom is -0.484 e. The Kier molecular flexibility index (Phi) is 5.46. The molecule has 26 heavy (non-hydrogen) atoms. The largest absolute Gasteiger partial charge is 0.484 e. The van der Waals surface area contributed by atoms with Crippen LogP contribution in [0.4, 0.5) is 0 Å². The van der Waals surface area contributed by atoms with E-state index in [4.69, 9.17) is 10.5 Å². The first-order valence-electron chi connectivity index (χ1n) is 8.63. The minimum absolute atomic E-state index is 0.0199. The number of aryl methyl sites for hydroxylation is 1. The van der Waals surface area contributed by atoms with Crippen LogP contribution < -0.4 is 10.5 Å². The first-order chi connectivity index (χ1) is 12.5. The number of aromatic nitrogens is 2. The smallest absolute Gasteiger partial charge is 0.260 e. The molecular weight excluding hydrogens is 332 g/mol. The van der Waals surface area contributed by atoms with Crippen LogP contribution in [0.3, 0.4) is 0 Å². The lowest BCUT2D eigenvalue weighted by Gasteiger charge is -2.31. The lowest BCUT2D eigenvalue weighted by atomic mass is 9.95. The normalized spacial score (nSPS) is 14.9. The number of carbonyl (C=O) groups is 2. The fourth-order valence-corrected chi connectivity index (χ4v) is 3.06. The molecule has 1 aliphatic rings. The molecule has 2 N–H and O–H groups in total. The fourth-order valence-electron chi connectivity index (χ4n) is 3.06. The van der Waals surface area contributed by atoms with Crippen molar-refractivity contribution >= 4 is 11.8 Å². The van der Waals surface area contributed by atoms with Gasteiger partial charge in [-0.3, -0.25) is 9.59 Å². The van der Waals surface area contributed by atoms with Crippen LogP contribution in [0.2, 0.25) is 0 Å². The zero-order valence-corrected chi connectivity index (χ0v) is 14.7. The summed E-state index contributed by atoms with van der Waals surface area (Å²) in [4.78, 5) is 34.1. The van der Waals surface area contributed by atoms with Crippen molar-refractivity contribution in [3.05, 3.63) is 53.6 Å². The zero-order chi connectivity index (χ0) is 18.5. The summed E-state index contributed by atoms with van der Waals surface area (Å²) in [6.45, 7) is 3.08. The number of hydrogen-bond donors (Lipinski definition) is 1. The molecule has 0 saturated carbocycles. The maximum atomic E-state index is 12.3.